The van der Waals surface area contributed by atoms with Gasteiger partial charge in [0.2, 0.25) is 17.7 Å². The van der Waals surface area contributed by atoms with Crippen LogP contribution in [0.1, 0.15) is 37.8 Å². The third-order valence-corrected chi connectivity index (χ3v) is 6.36. The lowest BCUT2D eigenvalue weighted by atomic mass is 10.00. The molecule has 0 heterocycles. The van der Waals surface area contributed by atoms with Crippen molar-refractivity contribution in [2.75, 3.05) is 6.54 Å². The molecular weight excluding hydrogens is 526 g/mol. The number of nitrogens with zero attached hydrogens (tertiary/aromatic N) is 1. The molecule has 3 amide bonds. The zero-order valence-corrected chi connectivity index (χ0v) is 23.5. The number of carboxylic acids is 1. The van der Waals surface area contributed by atoms with Crippen molar-refractivity contribution in [2.45, 2.75) is 63.7 Å². The molecule has 0 spiro atoms. The molecule has 0 aliphatic rings. The molecule has 0 bridgehead atoms. The van der Waals surface area contributed by atoms with Crippen molar-refractivity contribution in [1.29, 1.82) is 0 Å². The van der Waals surface area contributed by atoms with Crippen molar-refractivity contribution in [3.8, 4) is 0 Å². The van der Waals surface area contributed by atoms with E-state index in [4.69, 9.17) is 17.2 Å². The van der Waals surface area contributed by atoms with Gasteiger partial charge in [0.1, 0.15) is 18.1 Å². The van der Waals surface area contributed by atoms with Crippen LogP contribution in [0, 0.1) is 5.92 Å². The van der Waals surface area contributed by atoms with Crippen LogP contribution in [0.4, 0.5) is 0 Å². The lowest BCUT2D eigenvalue weighted by molar-refractivity contribution is -0.142. The van der Waals surface area contributed by atoms with Crippen LogP contribution in [0.25, 0.3) is 0 Å². The van der Waals surface area contributed by atoms with Crippen molar-refractivity contribution in [3.63, 3.8) is 0 Å². The quantitative estimate of drug-likeness (QED) is 0.0833. The second kappa shape index (κ2) is 16.6. The van der Waals surface area contributed by atoms with Crippen molar-refractivity contribution in [3.05, 3.63) is 71.8 Å². The molecule has 12 heteroatoms. The van der Waals surface area contributed by atoms with Crippen molar-refractivity contribution < 1.29 is 24.3 Å². The van der Waals surface area contributed by atoms with Crippen LogP contribution in [0.15, 0.2) is 65.7 Å². The number of hydrogen-bond acceptors (Lipinski definition) is 6. The molecule has 2 rings (SSSR count). The number of guanidine groups is 1. The fourth-order valence-electron chi connectivity index (χ4n) is 4.11. The highest BCUT2D eigenvalue weighted by Gasteiger charge is 2.32. The van der Waals surface area contributed by atoms with Gasteiger partial charge in [-0.15, -0.1) is 0 Å². The molecule has 0 aliphatic carbocycles. The van der Waals surface area contributed by atoms with Crippen LogP contribution in [-0.2, 0) is 32.0 Å². The van der Waals surface area contributed by atoms with Gasteiger partial charge in [-0.2, -0.15) is 0 Å². The number of nitrogens with one attached hydrogen (secondary N) is 3. The molecular formula is C29H41N7O5. The first kappa shape index (κ1) is 32.8. The molecule has 222 valence electrons. The number of rotatable bonds is 16. The molecule has 10 N–H and O–H groups in total. The van der Waals surface area contributed by atoms with E-state index in [-0.39, 0.29) is 37.7 Å². The Morgan fingerprint density at radius 3 is 1.83 bits per heavy atom. The van der Waals surface area contributed by atoms with E-state index in [1.165, 1.54) is 0 Å². The zero-order chi connectivity index (χ0) is 30.4. The maximum atomic E-state index is 13.4. The van der Waals surface area contributed by atoms with E-state index in [1.54, 1.807) is 38.1 Å². The Balaban J connectivity index is 2.13. The number of amides is 3. The van der Waals surface area contributed by atoms with Crippen LogP contribution in [0.5, 0.6) is 0 Å². The van der Waals surface area contributed by atoms with Crippen LogP contribution < -0.4 is 33.2 Å². The van der Waals surface area contributed by atoms with Gasteiger partial charge in [0, 0.05) is 13.0 Å². The number of carbonyl (C=O) groups excluding carboxylic acids is 3. The Bertz CT molecular complexity index is 1170. The molecule has 0 unspecified atom stereocenters. The Morgan fingerprint density at radius 2 is 1.32 bits per heavy atom. The van der Waals surface area contributed by atoms with Gasteiger partial charge in [0.15, 0.2) is 5.96 Å². The number of carbonyl (C=O) groups is 4. The highest BCUT2D eigenvalue weighted by Crippen LogP contribution is 2.09. The van der Waals surface area contributed by atoms with Crippen molar-refractivity contribution in [2.24, 2.45) is 28.1 Å². The average molecular weight is 568 g/mol. The molecule has 0 saturated carbocycles. The number of benzene rings is 2. The van der Waals surface area contributed by atoms with Gasteiger partial charge < -0.3 is 38.3 Å². The number of hydrogen-bond donors (Lipinski definition) is 7. The predicted octanol–water partition coefficient (Wildman–Crippen LogP) is 0.0477. The summed E-state index contributed by atoms with van der Waals surface area (Å²) in [7, 11) is 0. The Kier molecular flexibility index (Phi) is 13.3. The zero-order valence-electron chi connectivity index (χ0n) is 23.5. The number of aliphatic carboxylic acids is 1. The topological polar surface area (TPSA) is 215 Å². The summed E-state index contributed by atoms with van der Waals surface area (Å²) in [5.41, 5.74) is 18.5. The first-order chi connectivity index (χ1) is 19.5. The fourth-order valence-corrected chi connectivity index (χ4v) is 4.11. The van der Waals surface area contributed by atoms with Gasteiger partial charge in [-0.05, 0) is 36.3 Å². The summed E-state index contributed by atoms with van der Waals surface area (Å²) in [6, 6.07) is 13.9. The van der Waals surface area contributed by atoms with Crippen molar-refractivity contribution >= 4 is 29.7 Å². The summed E-state index contributed by atoms with van der Waals surface area (Å²) in [4.78, 5) is 55.3. The molecule has 2 aromatic carbocycles. The summed E-state index contributed by atoms with van der Waals surface area (Å²) in [5, 5.41) is 17.6. The highest BCUT2D eigenvalue weighted by molar-refractivity contribution is 5.94. The van der Waals surface area contributed by atoms with Crippen LogP contribution >= 0.6 is 0 Å². The SMILES string of the molecule is CC(C)[C@H](NC(=O)[C@H](CCCN=C(N)N)NC(=O)[C@@H](N)Cc1ccccc1)C(=O)N[C@@H](Cc1ccccc1)C(=O)O. The first-order valence-electron chi connectivity index (χ1n) is 13.5. The summed E-state index contributed by atoms with van der Waals surface area (Å²) >= 11 is 0. The molecule has 12 nitrogen and oxygen atoms in total. The van der Waals surface area contributed by atoms with E-state index in [0.29, 0.717) is 6.42 Å². The summed E-state index contributed by atoms with van der Waals surface area (Å²) in [5.74, 6) is -3.48. The third kappa shape index (κ3) is 11.7. The fraction of sp³-hybridized carbons (Fsp3) is 0.414. The van der Waals surface area contributed by atoms with E-state index in [2.05, 4.69) is 20.9 Å². The Hall–Kier alpha value is -4.45. The molecule has 0 aliphatic heterocycles. The Morgan fingerprint density at radius 1 is 0.780 bits per heavy atom. The standard InChI is InChI=1S/C29H41N7O5/c1-18(2)24(27(39)35-23(28(40)41)17-20-12-7-4-8-13-20)36-26(38)22(14-9-15-33-29(31)32)34-25(37)21(30)16-19-10-5-3-6-11-19/h3-8,10-13,18,21-24H,9,14-17,30H2,1-2H3,(H,34,37)(H,35,39)(H,36,38)(H,40,41)(H4,31,32,33)/t21-,22-,23-,24-/m0/s1. The second-order valence-corrected chi connectivity index (χ2v) is 10.1. The summed E-state index contributed by atoms with van der Waals surface area (Å²) in [6.07, 6.45) is 0.874. The predicted molar refractivity (Wildman–Crippen MR) is 156 cm³/mol. The first-order valence-corrected chi connectivity index (χ1v) is 13.5. The van der Waals surface area contributed by atoms with E-state index in [0.717, 1.165) is 11.1 Å². The van der Waals surface area contributed by atoms with Crippen LogP contribution in [0.2, 0.25) is 0 Å². The molecule has 0 fully saturated rings. The van der Waals surface area contributed by atoms with Gasteiger partial charge in [-0.3, -0.25) is 19.4 Å². The second-order valence-electron chi connectivity index (χ2n) is 10.1. The average Bonchev–Trinajstić information content (AvgIpc) is 2.93. The van der Waals surface area contributed by atoms with Gasteiger partial charge in [0.05, 0.1) is 6.04 Å². The minimum Gasteiger partial charge on any atom is -0.480 e. The molecule has 0 radical (unpaired) electrons. The van der Waals surface area contributed by atoms with E-state index in [1.807, 2.05) is 36.4 Å². The van der Waals surface area contributed by atoms with Gasteiger partial charge in [-0.25, -0.2) is 4.79 Å². The van der Waals surface area contributed by atoms with E-state index < -0.39 is 47.9 Å². The number of carboxylic acid groups (broad SMARTS) is 1. The monoisotopic (exact) mass is 567 g/mol. The number of aliphatic imine (C=N–C) groups is 1. The van der Waals surface area contributed by atoms with E-state index >= 15 is 0 Å². The summed E-state index contributed by atoms with van der Waals surface area (Å²) < 4.78 is 0. The van der Waals surface area contributed by atoms with Gasteiger partial charge in [0.25, 0.3) is 0 Å². The molecule has 0 saturated heterocycles. The van der Waals surface area contributed by atoms with Crippen LogP contribution in [0.3, 0.4) is 0 Å². The van der Waals surface area contributed by atoms with Crippen molar-refractivity contribution in [1.82, 2.24) is 16.0 Å². The normalized spacial score (nSPS) is 13.8. The molecule has 2 aromatic rings. The molecule has 4 atom stereocenters. The lowest BCUT2D eigenvalue weighted by Gasteiger charge is -2.27. The molecule has 0 aromatic heterocycles. The van der Waals surface area contributed by atoms with Gasteiger partial charge >= 0.3 is 5.97 Å². The highest BCUT2D eigenvalue weighted by atomic mass is 16.4. The smallest absolute Gasteiger partial charge is 0.326 e. The Labute approximate surface area is 240 Å². The number of nitrogens with two attached hydrogens (primary N) is 3. The maximum absolute atomic E-state index is 13.4. The third-order valence-electron chi connectivity index (χ3n) is 6.36. The minimum atomic E-state index is -1.20. The minimum absolute atomic E-state index is 0.0729. The van der Waals surface area contributed by atoms with Gasteiger partial charge in [-0.1, -0.05) is 74.5 Å². The maximum Gasteiger partial charge on any atom is 0.326 e. The molecule has 41 heavy (non-hydrogen) atoms. The lowest BCUT2D eigenvalue weighted by Crippen LogP contribution is -2.58. The van der Waals surface area contributed by atoms with Crippen LogP contribution in [-0.4, -0.2) is 65.5 Å². The summed E-state index contributed by atoms with van der Waals surface area (Å²) in [6.45, 7) is 3.67. The largest absolute Gasteiger partial charge is 0.480 e. The van der Waals surface area contributed by atoms with E-state index in [9.17, 15) is 24.3 Å².